The van der Waals surface area contributed by atoms with Gasteiger partial charge in [0.1, 0.15) is 11.4 Å². The molecule has 0 unspecified atom stereocenters. The molecule has 0 bridgehead atoms. The van der Waals surface area contributed by atoms with Crippen LogP contribution < -0.4 is 5.32 Å². The lowest BCUT2D eigenvalue weighted by Gasteiger charge is -2.22. The summed E-state index contributed by atoms with van der Waals surface area (Å²) in [7, 11) is 0. The largest absolute Gasteiger partial charge is 0.444 e. The maximum Gasteiger partial charge on any atom is 0.408 e. The van der Waals surface area contributed by atoms with Gasteiger partial charge < -0.3 is 15.0 Å². The van der Waals surface area contributed by atoms with E-state index in [4.69, 9.17) is 9.72 Å². The normalized spacial score (nSPS) is 15.5. The van der Waals surface area contributed by atoms with Crippen LogP contribution in [0.5, 0.6) is 0 Å². The summed E-state index contributed by atoms with van der Waals surface area (Å²) in [4.78, 5) is 24.4. The number of hydrogen-bond donors (Lipinski definition) is 2. The Labute approximate surface area is 158 Å². The van der Waals surface area contributed by atoms with Crippen LogP contribution in [0.2, 0.25) is 0 Å². The fraction of sp³-hybridized carbons (Fsp3) is 0.381. The molecular weight excluding hydrogens is 340 g/mol. The van der Waals surface area contributed by atoms with E-state index in [0.29, 0.717) is 5.92 Å². The van der Waals surface area contributed by atoms with Gasteiger partial charge in [0.25, 0.3) is 0 Å². The van der Waals surface area contributed by atoms with Crippen LogP contribution in [-0.4, -0.2) is 26.6 Å². The molecule has 0 aliphatic heterocycles. The van der Waals surface area contributed by atoms with Crippen molar-refractivity contribution < 1.29 is 9.53 Å². The molecule has 1 fully saturated rings. The first kappa shape index (κ1) is 17.5. The van der Waals surface area contributed by atoms with Gasteiger partial charge in [-0.25, -0.2) is 9.78 Å². The average molecular weight is 364 g/mol. The Balaban J connectivity index is 1.60. The number of H-pyrrole nitrogens is 1. The first-order valence-electron chi connectivity index (χ1n) is 9.29. The number of nitrogens with one attached hydrogen (secondary N) is 2. The van der Waals surface area contributed by atoms with E-state index in [-0.39, 0.29) is 6.04 Å². The monoisotopic (exact) mass is 364 g/mol. The van der Waals surface area contributed by atoms with Gasteiger partial charge in [0.2, 0.25) is 0 Å². The summed E-state index contributed by atoms with van der Waals surface area (Å²) in [5.41, 5.74) is 3.53. The number of amides is 1. The third-order valence-corrected chi connectivity index (χ3v) is 4.57. The average Bonchev–Trinajstić information content (AvgIpc) is 3.37. The van der Waals surface area contributed by atoms with Crippen LogP contribution in [0.25, 0.3) is 22.2 Å². The van der Waals surface area contributed by atoms with Crippen molar-refractivity contribution >= 4 is 17.1 Å². The minimum Gasteiger partial charge on any atom is -0.444 e. The Kier molecular flexibility index (Phi) is 4.34. The van der Waals surface area contributed by atoms with Crippen molar-refractivity contribution in [3.8, 4) is 11.1 Å². The molecule has 27 heavy (non-hydrogen) atoms. The van der Waals surface area contributed by atoms with Gasteiger partial charge >= 0.3 is 6.09 Å². The quantitative estimate of drug-likeness (QED) is 0.709. The standard InChI is InChI=1S/C21H24N4O2/c1-21(2,3)27-20(26)25-18(14-4-5-14)19-23-16-7-6-15(12-17(16)24-19)13-8-10-22-11-9-13/h6-12,14,18H,4-5H2,1-3H3,(H,23,24)(H,25,26)/t18-/m1/s1. The molecule has 1 saturated carbocycles. The lowest BCUT2D eigenvalue weighted by atomic mass is 10.1. The van der Waals surface area contributed by atoms with Crippen molar-refractivity contribution in [3.05, 3.63) is 48.5 Å². The van der Waals surface area contributed by atoms with Crippen molar-refractivity contribution in [2.24, 2.45) is 5.92 Å². The molecule has 1 amide bonds. The van der Waals surface area contributed by atoms with Crippen molar-refractivity contribution in [3.63, 3.8) is 0 Å². The highest BCUT2D eigenvalue weighted by Gasteiger charge is 2.36. The predicted octanol–water partition coefficient (Wildman–Crippen LogP) is 4.60. The van der Waals surface area contributed by atoms with E-state index < -0.39 is 11.7 Å². The van der Waals surface area contributed by atoms with Crippen molar-refractivity contribution in [2.45, 2.75) is 45.3 Å². The van der Waals surface area contributed by atoms with Crippen molar-refractivity contribution in [1.29, 1.82) is 0 Å². The Morgan fingerprint density at radius 1 is 1.19 bits per heavy atom. The highest BCUT2D eigenvalue weighted by Crippen LogP contribution is 2.40. The third-order valence-electron chi connectivity index (χ3n) is 4.57. The number of nitrogens with zero attached hydrogens (tertiary/aromatic N) is 2. The van der Waals surface area contributed by atoms with Crippen LogP contribution in [0.1, 0.15) is 45.5 Å². The highest BCUT2D eigenvalue weighted by atomic mass is 16.6. The number of carbonyl (C=O) groups excluding carboxylic acids is 1. The molecule has 2 aromatic heterocycles. The topological polar surface area (TPSA) is 79.9 Å². The van der Waals surface area contributed by atoms with E-state index in [1.54, 1.807) is 12.4 Å². The molecular formula is C21H24N4O2. The van der Waals surface area contributed by atoms with Gasteiger partial charge in [0, 0.05) is 12.4 Å². The maximum atomic E-state index is 12.2. The summed E-state index contributed by atoms with van der Waals surface area (Å²) >= 11 is 0. The number of pyridine rings is 1. The van der Waals surface area contributed by atoms with Gasteiger partial charge in [-0.2, -0.15) is 0 Å². The van der Waals surface area contributed by atoms with E-state index >= 15 is 0 Å². The fourth-order valence-electron chi connectivity index (χ4n) is 3.17. The van der Waals surface area contributed by atoms with Crippen LogP contribution in [-0.2, 0) is 4.74 Å². The summed E-state index contributed by atoms with van der Waals surface area (Å²) in [6.07, 6.45) is 5.33. The van der Waals surface area contributed by atoms with Crippen LogP contribution in [0.4, 0.5) is 4.79 Å². The van der Waals surface area contributed by atoms with Gasteiger partial charge in [0.15, 0.2) is 0 Å². The number of imidazole rings is 1. The van der Waals surface area contributed by atoms with Crippen LogP contribution in [0.15, 0.2) is 42.7 Å². The second-order valence-corrected chi connectivity index (χ2v) is 8.05. The second-order valence-electron chi connectivity index (χ2n) is 8.05. The number of carbonyl (C=O) groups is 1. The molecule has 1 atom stereocenters. The van der Waals surface area contributed by atoms with E-state index in [2.05, 4.69) is 27.4 Å². The Bertz CT molecular complexity index is 955. The molecule has 1 aliphatic carbocycles. The van der Waals surface area contributed by atoms with Gasteiger partial charge in [-0.3, -0.25) is 4.98 Å². The zero-order chi connectivity index (χ0) is 19.0. The molecule has 0 radical (unpaired) electrons. The van der Waals surface area contributed by atoms with Crippen LogP contribution in [0, 0.1) is 5.92 Å². The predicted molar refractivity (Wildman–Crippen MR) is 104 cm³/mol. The van der Waals surface area contributed by atoms with E-state index in [0.717, 1.165) is 40.8 Å². The minimum absolute atomic E-state index is 0.156. The first-order chi connectivity index (χ1) is 12.9. The van der Waals surface area contributed by atoms with Crippen LogP contribution in [0.3, 0.4) is 0 Å². The lowest BCUT2D eigenvalue weighted by molar-refractivity contribution is 0.0494. The van der Waals surface area contributed by atoms with Crippen LogP contribution >= 0.6 is 0 Å². The second kappa shape index (κ2) is 6.68. The molecule has 3 aromatic rings. The maximum absolute atomic E-state index is 12.2. The molecule has 6 nitrogen and oxygen atoms in total. The van der Waals surface area contributed by atoms with E-state index in [1.165, 1.54) is 0 Å². The number of aromatic nitrogens is 3. The molecule has 0 saturated heterocycles. The number of hydrogen-bond acceptors (Lipinski definition) is 4. The summed E-state index contributed by atoms with van der Waals surface area (Å²) in [5.74, 6) is 1.18. The Hall–Kier alpha value is -2.89. The number of rotatable bonds is 4. The molecule has 6 heteroatoms. The molecule has 4 rings (SSSR count). The molecule has 2 N–H and O–H groups in total. The molecule has 1 aliphatic rings. The molecule has 140 valence electrons. The number of aromatic amines is 1. The zero-order valence-electron chi connectivity index (χ0n) is 15.8. The van der Waals surface area contributed by atoms with Gasteiger partial charge in [-0.1, -0.05) is 6.07 Å². The summed E-state index contributed by atoms with van der Waals surface area (Å²) in [6.45, 7) is 5.58. The van der Waals surface area contributed by atoms with Crippen molar-refractivity contribution in [2.75, 3.05) is 0 Å². The Morgan fingerprint density at radius 2 is 1.93 bits per heavy atom. The third kappa shape index (κ3) is 4.10. The van der Waals surface area contributed by atoms with Gasteiger partial charge in [-0.05, 0) is 74.9 Å². The summed E-state index contributed by atoms with van der Waals surface area (Å²) in [6, 6.07) is 9.94. The fourth-order valence-corrected chi connectivity index (χ4v) is 3.17. The SMILES string of the molecule is CC(C)(C)OC(=O)N[C@@H](c1nc2ccc(-c3ccncc3)cc2[nH]1)C1CC1. The number of ether oxygens (including phenoxy) is 1. The zero-order valence-corrected chi connectivity index (χ0v) is 15.8. The van der Waals surface area contributed by atoms with Gasteiger partial charge in [-0.15, -0.1) is 0 Å². The lowest BCUT2D eigenvalue weighted by Crippen LogP contribution is -2.36. The molecule has 1 aromatic carbocycles. The Morgan fingerprint density at radius 3 is 2.59 bits per heavy atom. The summed E-state index contributed by atoms with van der Waals surface area (Å²) in [5, 5.41) is 3.00. The number of fused-ring (bicyclic) bond motifs is 1. The highest BCUT2D eigenvalue weighted by molar-refractivity contribution is 5.82. The molecule has 0 spiro atoms. The first-order valence-corrected chi connectivity index (χ1v) is 9.29. The number of benzene rings is 1. The number of alkyl carbamates (subject to hydrolysis) is 1. The van der Waals surface area contributed by atoms with Gasteiger partial charge in [0.05, 0.1) is 17.1 Å². The summed E-state index contributed by atoms with van der Waals surface area (Å²) < 4.78 is 5.42. The van der Waals surface area contributed by atoms with E-state index in [1.807, 2.05) is 39.0 Å². The minimum atomic E-state index is -0.522. The van der Waals surface area contributed by atoms with Crippen molar-refractivity contribution in [1.82, 2.24) is 20.3 Å². The molecule has 2 heterocycles. The smallest absolute Gasteiger partial charge is 0.408 e. The van der Waals surface area contributed by atoms with E-state index in [9.17, 15) is 4.79 Å².